The molecular weight excluding hydrogens is 395 g/mol. The van der Waals surface area contributed by atoms with Crippen molar-refractivity contribution in [2.24, 2.45) is 0 Å². The first kappa shape index (κ1) is 18.8. The lowest BCUT2D eigenvalue weighted by Gasteiger charge is -2.11. The van der Waals surface area contributed by atoms with Gasteiger partial charge in [0.1, 0.15) is 17.2 Å². The predicted octanol–water partition coefficient (Wildman–Crippen LogP) is 3.65. The van der Waals surface area contributed by atoms with Crippen LogP contribution in [0.5, 0.6) is 0 Å². The van der Waals surface area contributed by atoms with Gasteiger partial charge in [-0.15, -0.1) is 0 Å². The molecule has 0 radical (unpaired) electrons. The van der Waals surface area contributed by atoms with E-state index in [0.29, 0.717) is 30.0 Å². The van der Waals surface area contributed by atoms with Crippen LogP contribution in [0.1, 0.15) is 16.2 Å². The summed E-state index contributed by atoms with van der Waals surface area (Å²) in [4.78, 5) is 20.7. The van der Waals surface area contributed by atoms with E-state index in [1.807, 2.05) is 53.4 Å². The second kappa shape index (κ2) is 7.91. The van der Waals surface area contributed by atoms with Crippen molar-refractivity contribution in [3.63, 3.8) is 0 Å². The van der Waals surface area contributed by atoms with Crippen LogP contribution in [0.4, 0.5) is 4.39 Å². The number of hydrogen-bond acceptors (Lipinski definition) is 3. The Balaban J connectivity index is 1.37. The number of aromatic amines is 1. The van der Waals surface area contributed by atoms with E-state index in [9.17, 15) is 9.18 Å². The molecule has 5 rings (SSSR count). The largest absolute Gasteiger partial charge is 0.351 e. The zero-order chi connectivity index (χ0) is 21.2. The lowest BCUT2D eigenvalue weighted by Crippen LogP contribution is -2.27. The van der Waals surface area contributed by atoms with Gasteiger partial charge in [0.15, 0.2) is 5.82 Å². The Morgan fingerprint density at radius 1 is 1.03 bits per heavy atom. The zero-order valence-corrected chi connectivity index (χ0v) is 16.5. The average Bonchev–Trinajstić information content (AvgIpc) is 3.52. The molecule has 154 valence electrons. The van der Waals surface area contributed by atoms with Gasteiger partial charge in [0, 0.05) is 25.4 Å². The third-order valence-electron chi connectivity index (χ3n) is 4.99. The molecule has 0 fully saturated rings. The van der Waals surface area contributed by atoms with Crippen molar-refractivity contribution in [1.29, 1.82) is 0 Å². The number of nitrogens with zero attached hydrogens (tertiary/aromatic N) is 4. The van der Waals surface area contributed by atoms with Crippen LogP contribution in [-0.4, -0.2) is 36.8 Å². The van der Waals surface area contributed by atoms with Gasteiger partial charge in [-0.25, -0.2) is 14.1 Å². The highest BCUT2D eigenvalue weighted by molar-refractivity contribution is 5.97. The molecule has 1 amide bonds. The summed E-state index contributed by atoms with van der Waals surface area (Å²) in [6, 6.07) is 17.5. The predicted molar refractivity (Wildman–Crippen MR) is 115 cm³/mol. The molecule has 0 spiro atoms. The van der Waals surface area contributed by atoms with Gasteiger partial charge in [-0.05, 0) is 48.5 Å². The lowest BCUT2D eigenvalue weighted by atomic mass is 10.2. The quantitative estimate of drug-likeness (QED) is 0.445. The minimum Gasteiger partial charge on any atom is -0.351 e. The SMILES string of the molecule is O=C(NCCc1nc2ccccc2[nH]1)c1cnn(-c2ccc(F)cc2)c1-n1cccc1. The van der Waals surface area contributed by atoms with Gasteiger partial charge in [-0.1, -0.05) is 12.1 Å². The molecule has 2 aromatic carbocycles. The standard InChI is InChI=1S/C23H19FN6O/c24-16-7-9-17(10-8-16)30-23(29-13-3-4-14-29)18(15-26-30)22(31)25-12-11-21-27-19-5-1-2-6-20(19)28-21/h1-10,13-15H,11-12H2,(H,25,31)(H,27,28). The van der Waals surface area contributed by atoms with Crippen molar-refractivity contribution in [1.82, 2.24) is 29.6 Å². The summed E-state index contributed by atoms with van der Waals surface area (Å²) in [7, 11) is 0. The Labute approximate surface area is 177 Å². The van der Waals surface area contributed by atoms with Crippen molar-refractivity contribution < 1.29 is 9.18 Å². The Bertz CT molecular complexity index is 1300. The smallest absolute Gasteiger partial charge is 0.256 e. The number of carbonyl (C=O) groups is 1. The molecule has 7 nitrogen and oxygen atoms in total. The van der Waals surface area contributed by atoms with Crippen LogP contribution in [0.2, 0.25) is 0 Å². The average molecular weight is 414 g/mol. The summed E-state index contributed by atoms with van der Waals surface area (Å²) >= 11 is 0. The van der Waals surface area contributed by atoms with Crippen molar-refractivity contribution in [2.75, 3.05) is 6.54 Å². The number of rotatable bonds is 6. The number of H-pyrrole nitrogens is 1. The topological polar surface area (TPSA) is 80.5 Å². The second-order valence-corrected chi connectivity index (χ2v) is 7.07. The van der Waals surface area contributed by atoms with E-state index in [1.165, 1.54) is 18.3 Å². The molecule has 0 bridgehead atoms. The zero-order valence-electron chi connectivity index (χ0n) is 16.5. The van der Waals surface area contributed by atoms with Crippen LogP contribution in [0, 0.1) is 5.82 Å². The molecule has 2 N–H and O–H groups in total. The first-order valence-electron chi connectivity index (χ1n) is 9.88. The highest BCUT2D eigenvalue weighted by atomic mass is 19.1. The fourth-order valence-corrected chi connectivity index (χ4v) is 3.51. The van der Waals surface area contributed by atoms with E-state index in [1.54, 1.807) is 16.8 Å². The summed E-state index contributed by atoms with van der Waals surface area (Å²) in [6.45, 7) is 0.422. The number of nitrogens with one attached hydrogen (secondary N) is 2. The summed E-state index contributed by atoms with van der Waals surface area (Å²) in [5.74, 6) is 0.821. The van der Waals surface area contributed by atoms with Gasteiger partial charge >= 0.3 is 0 Å². The maximum absolute atomic E-state index is 13.4. The number of carbonyl (C=O) groups excluding carboxylic acids is 1. The third kappa shape index (κ3) is 3.71. The third-order valence-corrected chi connectivity index (χ3v) is 4.99. The number of hydrogen-bond donors (Lipinski definition) is 2. The minimum absolute atomic E-state index is 0.242. The van der Waals surface area contributed by atoms with Gasteiger partial charge in [-0.2, -0.15) is 5.10 Å². The molecule has 0 unspecified atom stereocenters. The molecular formula is C23H19FN6O. The number of halogens is 1. The number of benzene rings is 2. The molecule has 5 aromatic rings. The first-order valence-corrected chi connectivity index (χ1v) is 9.88. The van der Waals surface area contributed by atoms with E-state index < -0.39 is 0 Å². The number of aromatic nitrogens is 5. The van der Waals surface area contributed by atoms with E-state index in [-0.39, 0.29) is 11.7 Å². The Morgan fingerprint density at radius 3 is 2.58 bits per heavy atom. The van der Waals surface area contributed by atoms with E-state index >= 15 is 0 Å². The lowest BCUT2D eigenvalue weighted by molar-refractivity contribution is 0.0954. The van der Waals surface area contributed by atoms with Crippen LogP contribution < -0.4 is 5.32 Å². The van der Waals surface area contributed by atoms with Crippen LogP contribution in [-0.2, 0) is 6.42 Å². The monoisotopic (exact) mass is 414 g/mol. The molecule has 0 aliphatic carbocycles. The van der Waals surface area contributed by atoms with E-state index in [2.05, 4.69) is 20.4 Å². The van der Waals surface area contributed by atoms with Crippen LogP contribution in [0.15, 0.2) is 79.3 Å². The molecule has 3 heterocycles. The highest BCUT2D eigenvalue weighted by Gasteiger charge is 2.19. The van der Waals surface area contributed by atoms with Crippen LogP contribution in [0.25, 0.3) is 22.5 Å². The Kier molecular flexibility index (Phi) is 4.80. The molecule has 0 atom stereocenters. The molecule has 8 heteroatoms. The number of amides is 1. The summed E-state index contributed by atoms with van der Waals surface area (Å²) in [6.07, 6.45) is 5.77. The first-order chi connectivity index (χ1) is 15.2. The number of para-hydroxylation sites is 2. The molecule has 31 heavy (non-hydrogen) atoms. The van der Waals surface area contributed by atoms with Gasteiger partial charge in [0.2, 0.25) is 0 Å². The highest BCUT2D eigenvalue weighted by Crippen LogP contribution is 2.20. The van der Waals surface area contributed by atoms with Crippen molar-refractivity contribution >= 4 is 16.9 Å². The van der Waals surface area contributed by atoms with Crippen molar-refractivity contribution in [3.05, 3.63) is 96.5 Å². The normalized spacial score (nSPS) is 11.1. The van der Waals surface area contributed by atoms with Crippen molar-refractivity contribution in [3.8, 4) is 11.5 Å². The number of fused-ring (bicyclic) bond motifs is 1. The summed E-state index contributed by atoms with van der Waals surface area (Å²) in [5.41, 5.74) is 2.95. The second-order valence-electron chi connectivity index (χ2n) is 7.07. The maximum Gasteiger partial charge on any atom is 0.256 e. The van der Waals surface area contributed by atoms with E-state index in [0.717, 1.165) is 16.9 Å². The number of imidazole rings is 1. The Morgan fingerprint density at radius 2 is 1.81 bits per heavy atom. The van der Waals surface area contributed by atoms with E-state index in [4.69, 9.17) is 0 Å². The van der Waals surface area contributed by atoms with Gasteiger partial charge in [0.25, 0.3) is 5.91 Å². The molecule has 0 saturated heterocycles. The minimum atomic E-state index is -0.332. The molecule has 0 saturated carbocycles. The maximum atomic E-state index is 13.4. The Hall–Kier alpha value is -4.20. The molecule has 0 aliphatic heterocycles. The summed E-state index contributed by atoms with van der Waals surface area (Å²) in [5, 5.41) is 7.32. The van der Waals surface area contributed by atoms with Gasteiger partial charge < -0.3 is 14.9 Å². The fraction of sp³-hybridized carbons (Fsp3) is 0.0870. The van der Waals surface area contributed by atoms with Gasteiger partial charge in [0.05, 0.1) is 22.9 Å². The fourth-order valence-electron chi connectivity index (χ4n) is 3.51. The van der Waals surface area contributed by atoms with Crippen LogP contribution in [0.3, 0.4) is 0 Å². The van der Waals surface area contributed by atoms with Crippen LogP contribution >= 0.6 is 0 Å². The van der Waals surface area contributed by atoms with Crippen molar-refractivity contribution in [2.45, 2.75) is 6.42 Å². The molecule has 3 aromatic heterocycles. The van der Waals surface area contributed by atoms with Gasteiger partial charge in [-0.3, -0.25) is 4.79 Å². The molecule has 0 aliphatic rings. The summed E-state index contributed by atoms with van der Waals surface area (Å²) < 4.78 is 16.8.